The van der Waals surface area contributed by atoms with Crippen LogP contribution in [0.15, 0.2) is 39.0 Å². The summed E-state index contributed by atoms with van der Waals surface area (Å²) >= 11 is 0. The number of phenolic OH excluding ortho intramolecular Hbond substituents is 2. The first-order chi connectivity index (χ1) is 8.56. The molecule has 0 saturated carbocycles. The molecule has 18 heavy (non-hydrogen) atoms. The molecule has 1 aromatic heterocycles. The molecule has 0 bridgehead atoms. The van der Waals surface area contributed by atoms with Gasteiger partial charge in [-0.15, -0.1) is 0 Å². The number of benzene rings is 1. The summed E-state index contributed by atoms with van der Waals surface area (Å²) in [6.45, 7) is 0. The quantitative estimate of drug-likeness (QED) is 0.568. The van der Waals surface area contributed by atoms with Crippen LogP contribution in [0.5, 0.6) is 11.5 Å². The fraction of sp³-hybridized carbons (Fsp3) is 0. The Morgan fingerprint density at radius 3 is 2.67 bits per heavy atom. The van der Waals surface area contributed by atoms with E-state index in [4.69, 9.17) is 5.11 Å². The van der Waals surface area contributed by atoms with Crippen LogP contribution in [0, 0.1) is 0 Å². The standard InChI is InChI=1S/C11H9N3O4/c15-7-2-1-6(9(16)3-7)4-12-8-5-13-11(18)14-10(8)17/h1-5,15-16H,(H2,13,14,17,18)/b12-4+. The summed E-state index contributed by atoms with van der Waals surface area (Å²) in [7, 11) is 0. The lowest BCUT2D eigenvalue weighted by atomic mass is 10.2. The van der Waals surface area contributed by atoms with Crippen LogP contribution < -0.4 is 11.2 Å². The average Bonchev–Trinajstić information content (AvgIpc) is 2.30. The summed E-state index contributed by atoms with van der Waals surface area (Å²) in [5, 5.41) is 18.6. The second kappa shape index (κ2) is 4.58. The minimum atomic E-state index is -0.631. The number of nitrogens with one attached hydrogen (secondary N) is 2. The van der Waals surface area contributed by atoms with Crippen molar-refractivity contribution in [1.82, 2.24) is 9.97 Å². The monoisotopic (exact) mass is 247 g/mol. The first kappa shape index (κ1) is 11.6. The van der Waals surface area contributed by atoms with Gasteiger partial charge in [0.25, 0.3) is 5.56 Å². The second-order valence-electron chi connectivity index (χ2n) is 3.46. The molecule has 0 fully saturated rings. The highest BCUT2D eigenvalue weighted by atomic mass is 16.3. The summed E-state index contributed by atoms with van der Waals surface area (Å²) in [6.07, 6.45) is 2.41. The first-order valence-corrected chi connectivity index (χ1v) is 4.94. The predicted octanol–water partition coefficient (Wildman–Crippen LogP) is 0.225. The lowest BCUT2D eigenvalue weighted by Crippen LogP contribution is -2.20. The molecular weight excluding hydrogens is 238 g/mol. The Morgan fingerprint density at radius 2 is 2.00 bits per heavy atom. The van der Waals surface area contributed by atoms with Crippen molar-refractivity contribution in [3.63, 3.8) is 0 Å². The van der Waals surface area contributed by atoms with Crippen LogP contribution in [0.25, 0.3) is 0 Å². The van der Waals surface area contributed by atoms with Crippen LogP contribution in [0.1, 0.15) is 5.56 Å². The molecule has 7 nitrogen and oxygen atoms in total. The molecule has 0 radical (unpaired) electrons. The van der Waals surface area contributed by atoms with E-state index < -0.39 is 11.2 Å². The molecule has 2 rings (SSSR count). The van der Waals surface area contributed by atoms with Crippen molar-refractivity contribution >= 4 is 11.9 Å². The van der Waals surface area contributed by atoms with E-state index in [1.54, 1.807) is 0 Å². The Labute approximate surface area is 100 Å². The molecule has 0 atom stereocenters. The van der Waals surface area contributed by atoms with Crippen LogP contribution in [0.4, 0.5) is 5.69 Å². The first-order valence-electron chi connectivity index (χ1n) is 4.94. The summed E-state index contributed by atoms with van der Waals surface area (Å²) in [4.78, 5) is 30.2. The highest BCUT2D eigenvalue weighted by Crippen LogP contribution is 2.21. The highest BCUT2D eigenvalue weighted by Gasteiger charge is 2.00. The van der Waals surface area contributed by atoms with Crippen molar-refractivity contribution in [2.75, 3.05) is 0 Å². The van der Waals surface area contributed by atoms with E-state index in [9.17, 15) is 14.7 Å². The molecule has 0 aliphatic carbocycles. The SMILES string of the molecule is O=c1[nH]cc(/N=C/c2ccc(O)cc2O)c(=O)[nH]1. The van der Waals surface area contributed by atoms with E-state index in [2.05, 4.69) is 9.98 Å². The molecule has 92 valence electrons. The van der Waals surface area contributed by atoms with E-state index >= 15 is 0 Å². The lowest BCUT2D eigenvalue weighted by molar-refractivity contribution is 0.450. The van der Waals surface area contributed by atoms with E-state index in [-0.39, 0.29) is 17.2 Å². The summed E-state index contributed by atoms with van der Waals surface area (Å²) in [6, 6.07) is 3.96. The van der Waals surface area contributed by atoms with Crippen molar-refractivity contribution in [3.8, 4) is 11.5 Å². The van der Waals surface area contributed by atoms with Gasteiger partial charge in [-0.1, -0.05) is 0 Å². The number of nitrogens with zero attached hydrogens (tertiary/aromatic N) is 1. The van der Waals surface area contributed by atoms with Gasteiger partial charge in [-0.3, -0.25) is 9.78 Å². The Morgan fingerprint density at radius 1 is 1.22 bits per heavy atom. The molecule has 2 aromatic rings. The Hall–Kier alpha value is -2.83. The zero-order valence-electron chi connectivity index (χ0n) is 9.04. The van der Waals surface area contributed by atoms with Crippen LogP contribution in [0.2, 0.25) is 0 Å². The zero-order valence-corrected chi connectivity index (χ0v) is 9.04. The Bertz CT molecular complexity index is 715. The van der Waals surface area contributed by atoms with Gasteiger partial charge in [-0.2, -0.15) is 0 Å². The molecule has 0 saturated heterocycles. The van der Waals surface area contributed by atoms with Crippen molar-refractivity contribution in [2.45, 2.75) is 0 Å². The van der Waals surface area contributed by atoms with E-state index in [1.165, 1.54) is 18.3 Å². The van der Waals surface area contributed by atoms with Gasteiger partial charge in [0, 0.05) is 24.0 Å². The molecule has 0 amide bonds. The minimum Gasteiger partial charge on any atom is -0.508 e. The van der Waals surface area contributed by atoms with Gasteiger partial charge in [0.15, 0.2) is 0 Å². The van der Waals surface area contributed by atoms with E-state index in [0.717, 1.165) is 12.3 Å². The number of hydrogen-bond acceptors (Lipinski definition) is 5. The van der Waals surface area contributed by atoms with Crippen LogP contribution in [-0.2, 0) is 0 Å². The molecule has 0 unspecified atom stereocenters. The lowest BCUT2D eigenvalue weighted by Gasteiger charge is -1.98. The zero-order chi connectivity index (χ0) is 13.1. The third-order valence-electron chi connectivity index (χ3n) is 2.16. The van der Waals surface area contributed by atoms with Gasteiger partial charge in [0.2, 0.25) is 0 Å². The molecule has 0 spiro atoms. The predicted molar refractivity (Wildman–Crippen MR) is 64.7 cm³/mol. The third kappa shape index (κ3) is 2.46. The van der Waals surface area contributed by atoms with Gasteiger partial charge >= 0.3 is 5.69 Å². The van der Waals surface area contributed by atoms with Gasteiger partial charge in [0.1, 0.15) is 17.2 Å². The number of rotatable bonds is 2. The van der Waals surface area contributed by atoms with Crippen molar-refractivity contribution in [1.29, 1.82) is 0 Å². The van der Waals surface area contributed by atoms with Gasteiger partial charge < -0.3 is 15.2 Å². The average molecular weight is 247 g/mol. The number of hydrogen-bond donors (Lipinski definition) is 4. The number of aromatic amines is 2. The largest absolute Gasteiger partial charge is 0.508 e. The maximum absolute atomic E-state index is 11.3. The fourth-order valence-electron chi connectivity index (χ4n) is 1.28. The number of H-pyrrole nitrogens is 2. The minimum absolute atomic E-state index is 0.00192. The summed E-state index contributed by atoms with van der Waals surface area (Å²) in [5.74, 6) is -0.244. The van der Waals surface area contributed by atoms with E-state index in [1.807, 2.05) is 4.98 Å². The number of phenols is 2. The number of aromatic nitrogens is 2. The van der Waals surface area contributed by atoms with Crippen molar-refractivity contribution in [2.24, 2.45) is 4.99 Å². The van der Waals surface area contributed by atoms with Gasteiger partial charge in [-0.05, 0) is 12.1 Å². The summed E-state index contributed by atoms with van der Waals surface area (Å²) in [5.41, 5.74) is -0.917. The molecule has 0 aliphatic rings. The molecule has 4 N–H and O–H groups in total. The number of aliphatic imine (C=N–C) groups is 1. The van der Waals surface area contributed by atoms with Crippen LogP contribution >= 0.6 is 0 Å². The highest BCUT2D eigenvalue weighted by molar-refractivity contribution is 5.85. The topological polar surface area (TPSA) is 119 Å². The maximum Gasteiger partial charge on any atom is 0.325 e. The summed E-state index contributed by atoms with van der Waals surface area (Å²) < 4.78 is 0. The molecule has 7 heteroatoms. The van der Waals surface area contributed by atoms with Crippen LogP contribution in [0.3, 0.4) is 0 Å². The van der Waals surface area contributed by atoms with Crippen LogP contribution in [-0.4, -0.2) is 26.4 Å². The normalized spacial score (nSPS) is 10.9. The molecule has 1 heterocycles. The second-order valence-corrected chi connectivity index (χ2v) is 3.46. The van der Waals surface area contributed by atoms with Crippen molar-refractivity contribution < 1.29 is 10.2 Å². The Kier molecular flexibility index (Phi) is 2.96. The van der Waals surface area contributed by atoms with Gasteiger partial charge in [0.05, 0.1) is 0 Å². The maximum atomic E-state index is 11.3. The van der Waals surface area contributed by atoms with E-state index in [0.29, 0.717) is 5.56 Å². The smallest absolute Gasteiger partial charge is 0.325 e. The molecule has 1 aromatic carbocycles. The molecule has 0 aliphatic heterocycles. The number of aromatic hydroxyl groups is 2. The van der Waals surface area contributed by atoms with Gasteiger partial charge in [-0.25, -0.2) is 9.79 Å². The molecular formula is C11H9N3O4. The third-order valence-corrected chi connectivity index (χ3v) is 2.16. The van der Waals surface area contributed by atoms with Crippen molar-refractivity contribution in [3.05, 3.63) is 50.8 Å². The Balaban J connectivity index is 2.36. The fourth-order valence-corrected chi connectivity index (χ4v) is 1.28.